The first-order valence-corrected chi connectivity index (χ1v) is 5.45. The lowest BCUT2D eigenvalue weighted by molar-refractivity contribution is -0.138. The Bertz CT molecular complexity index is 403. The van der Waals surface area contributed by atoms with Crippen LogP contribution >= 0.6 is 15.9 Å². The van der Waals surface area contributed by atoms with Gasteiger partial charge >= 0.3 is 5.97 Å². The summed E-state index contributed by atoms with van der Waals surface area (Å²) in [6.45, 7) is 1.60. The zero-order valence-electron chi connectivity index (χ0n) is 9.28. The summed E-state index contributed by atoms with van der Waals surface area (Å²) in [5, 5.41) is 9.03. The maximum Gasteiger partial charge on any atom is 0.310 e. The number of carboxylic acids is 1. The van der Waals surface area contributed by atoms with Crippen LogP contribution in [0.15, 0.2) is 16.6 Å². The molecule has 0 fully saturated rings. The number of ether oxygens (including phenoxy) is 2. The van der Waals surface area contributed by atoms with E-state index in [4.69, 9.17) is 14.6 Å². The van der Waals surface area contributed by atoms with Gasteiger partial charge in [0.2, 0.25) is 0 Å². The van der Waals surface area contributed by atoms with Crippen molar-refractivity contribution in [2.75, 3.05) is 14.2 Å². The van der Waals surface area contributed by atoms with Crippen LogP contribution in [-0.2, 0) is 4.79 Å². The Morgan fingerprint density at radius 1 is 1.38 bits per heavy atom. The Morgan fingerprint density at radius 2 is 2.00 bits per heavy atom. The summed E-state index contributed by atoms with van der Waals surface area (Å²) in [6, 6.07) is 3.47. The monoisotopic (exact) mass is 288 g/mol. The van der Waals surface area contributed by atoms with E-state index >= 15 is 0 Å². The molecule has 0 aliphatic rings. The second-order valence-corrected chi connectivity index (χ2v) is 4.11. The molecule has 1 aromatic carbocycles. The van der Waals surface area contributed by atoms with E-state index in [1.54, 1.807) is 19.1 Å². The fraction of sp³-hybridized carbons (Fsp3) is 0.364. The first-order chi connectivity index (χ1) is 7.52. The minimum Gasteiger partial charge on any atom is -0.493 e. The van der Waals surface area contributed by atoms with Crippen molar-refractivity contribution < 1.29 is 19.4 Å². The van der Waals surface area contributed by atoms with Gasteiger partial charge in [0.05, 0.1) is 20.1 Å². The third-order valence-corrected chi connectivity index (χ3v) is 3.03. The smallest absolute Gasteiger partial charge is 0.310 e. The summed E-state index contributed by atoms with van der Waals surface area (Å²) >= 11 is 3.32. The highest BCUT2D eigenvalue weighted by atomic mass is 79.9. The number of methoxy groups -OCH3 is 2. The van der Waals surface area contributed by atoms with Gasteiger partial charge < -0.3 is 14.6 Å². The van der Waals surface area contributed by atoms with Gasteiger partial charge in [0.25, 0.3) is 0 Å². The van der Waals surface area contributed by atoms with E-state index < -0.39 is 11.9 Å². The van der Waals surface area contributed by atoms with Crippen molar-refractivity contribution in [3.05, 3.63) is 22.2 Å². The Labute approximate surface area is 102 Å². The van der Waals surface area contributed by atoms with Crippen LogP contribution < -0.4 is 9.47 Å². The molecule has 0 radical (unpaired) electrons. The number of rotatable bonds is 4. The van der Waals surface area contributed by atoms with Gasteiger partial charge in [-0.1, -0.05) is 15.9 Å². The largest absolute Gasteiger partial charge is 0.493 e. The number of carbonyl (C=O) groups is 1. The molecule has 0 saturated carbocycles. The van der Waals surface area contributed by atoms with Gasteiger partial charge in [-0.25, -0.2) is 0 Å². The molecule has 1 atom stereocenters. The van der Waals surface area contributed by atoms with Crippen LogP contribution in [-0.4, -0.2) is 25.3 Å². The fourth-order valence-electron chi connectivity index (χ4n) is 1.45. The number of hydrogen-bond acceptors (Lipinski definition) is 3. The van der Waals surface area contributed by atoms with Crippen LogP contribution in [0.3, 0.4) is 0 Å². The van der Waals surface area contributed by atoms with Crippen molar-refractivity contribution in [2.24, 2.45) is 0 Å². The quantitative estimate of drug-likeness (QED) is 0.925. The molecule has 0 amide bonds. The highest BCUT2D eigenvalue weighted by Crippen LogP contribution is 2.40. The molecule has 5 heteroatoms. The van der Waals surface area contributed by atoms with Gasteiger partial charge in [0.15, 0.2) is 11.5 Å². The minimum atomic E-state index is -0.910. The lowest BCUT2D eigenvalue weighted by atomic mass is 10.00. The molecule has 0 spiro atoms. The van der Waals surface area contributed by atoms with Crippen molar-refractivity contribution in [1.29, 1.82) is 0 Å². The molecule has 4 nitrogen and oxygen atoms in total. The molecule has 0 bridgehead atoms. The van der Waals surface area contributed by atoms with Gasteiger partial charge in [-0.05, 0) is 19.1 Å². The Balaban J connectivity index is 3.39. The van der Waals surface area contributed by atoms with Gasteiger partial charge in [0.1, 0.15) is 0 Å². The zero-order chi connectivity index (χ0) is 12.3. The minimum absolute atomic E-state index is 0.451. The lowest BCUT2D eigenvalue weighted by Gasteiger charge is -2.16. The summed E-state index contributed by atoms with van der Waals surface area (Å²) in [5.74, 6) is -0.604. The van der Waals surface area contributed by atoms with Gasteiger partial charge in [0, 0.05) is 10.0 Å². The molecule has 0 saturated heterocycles. The van der Waals surface area contributed by atoms with E-state index in [1.807, 2.05) is 0 Å². The topological polar surface area (TPSA) is 55.8 Å². The summed E-state index contributed by atoms with van der Waals surface area (Å²) < 4.78 is 11.0. The van der Waals surface area contributed by atoms with E-state index in [9.17, 15) is 4.79 Å². The molecule has 0 aliphatic carbocycles. The Kier molecular flexibility index (Phi) is 4.18. The number of benzene rings is 1. The van der Waals surface area contributed by atoms with E-state index in [-0.39, 0.29) is 0 Å². The molecular formula is C11H13BrO4. The summed E-state index contributed by atoms with van der Waals surface area (Å²) in [7, 11) is 3.00. The van der Waals surface area contributed by atoms with Crippen LogP contribution in [0.4, 0.5) is 0 Å². The fourth-order valence-corrected chi connectivity index (χ4v) is 2.11. The van der Waals surface area contributed by atoms with Gasteiger partial charge in [-0.2, -0.15) is 0 Å². The average molecular weight is 289 g/mol. The molecule has 1 rings (SSSR count). The Morgan fingerprint density at radius 3 is 2.44 bits per heavy atom. The van der Waals surface area contributed by atoms with Crippen molar-refractivity contribution in [1.82, 2.24) is 0 Å². The molecule has 1 N–H and O–H groups in total. The van der Waals surface area contributed by atoms with Crippen LogP contribution in [0.25, 0.3) is 0 Å². The second-order valence-electron chi connectivity index (χ2n) is 3.26. The lowest BCUT2D eigenvalue weighted by Crippen LogP contribution is -2.10. The van der Waals surface area contributed by atoms with Crippen LogP contribution in [0, 0.1) is 0 Å². The molecule has 88 valence electrons. The standard InChI is InChI=1S/C11H13BrO4/c1-6(11(13)14)9-7(12)4-5-8(15-2)10(9)16-3/h4-6H,1-3H3,(H,13,14). The third-order valence-electron chi connectivity index (χ3n) is 2.33. The molecule has 1 unspecified atom stereocenters. The molecule has 16 heavy (non-hydrogen) atoms. The predicted molar refractivity (Wildman–Crippen MR) is 63.3 cm³/mol. The van der Waals surface area contributed by atoms with E-state index in [0.29, 0.717) is 21.5 Å². The number of carboxylic acid groups (broad SMARTS) is 1. The SMILES string of the molecule is COc1ccc(Br)c(C(C)C(=O)O)c1OC. The van der Waals surface area contributed by atoms with Crippen molar-refractivity contribution in [3.63, 3.8) is 0 Å². The number of hydrogen-bond donors (Lipinski definition) is 1. The first-order valence-electron chi connectivity index (χ1n) is 4.66. The Hall–Kier alpha value is -1.23. The molecule has 0 aliphatic heterocycles. The van der Waals surface area contributed by atoms with Crippen LogP contribution in [0.1, 0.15) is 18.4 Å². The van der Waals surface area contributed by atoms with Crippen LogP contribution in [0.2, 0.25) is 0 Å². The highest BCUT2D eigenvalue weighted by molar-refractivity contribution is 9.10. The van der Waals surface area contributed by atoms with E-state index in [0.717, 1.165) is 0 Å². The van der Waals surface area contributed by atoms with Crippen molar-refractivity contribution >= 4 is 21.9 Å². The van der Waals surface area contributed by atoms with Crippen LogP contribution in [0.5, 0.6) is 11.5 Å². The van der Waals surface area contributed by atoms with E-state index in [1.165, 1.54) is 14.2 Å². The first kappa shape index (κ1) is 12.8. The maximum atomic E-state index is 11.0. The van der Waals surface area contributed by atoms with Gasteiger partial charge in [-0.3, -0.25) is 4.79 Å². The summed E-state index contributed by atoms with van der Waals surface area (Å²) in [4.78, 5) is 11.0. The molecular weight excluding hydrogens is 276 g/mol. The molecule has 0 aromatic heterocycles. The molecule has 0 heterocycles. The van der Waals surface area contributed by atoms with Crippen molar-refractivity contribution in [2.45, 2.75) is 12.8 Å². The predicted octanol–water partition coefficient (Wildman–Crippen LogP) is 2.65. The van der Waals surface area contributed by atoms with Gasteiger partial charge in [-0.15, -0.1) is 0 Å². The third kappa shape index (κ3) is 2.29. The van der Waals surface area contributed by atoms with E-state index in [2.05, 4.69) is 15.9 Å². The average Bonchev–Trinajstić information content (AvgIpc) is 2.27. The summed E-state index contributed by atoms with van der Waals surface area (Å²) in [6.07, 6.45) is 0. The summed E-state index contributed by atoms with van der Waals surface area (Å²) in [5.41, 5.74) is 0.578. The zero-order valence-corrected chi connectivity index (χ0v) is 10.9. The number of halogens is 1. The maximum absolute atomic E-state index is 11.0. The highest BCUT2D eigenvalue weighted by Gasteiger charge is 2.23. The second kappa shape index (κ2) is 5.21. The number of aliphatic carboxylic acids is 1. The normalized spacial score (nSPS) is 12.0. The molecule has 1 aromatic rings. The van der Waals surface area contributed by atoms with Crippen molar-refractivity contribution in [3.8, 4) is 11.5 Å².